The predicted octanol–water partition coefficient (Wildman–Crippen LogP) is 0.859. The molecule has 20 heavy (non-hydrogen) atoms. The van der Waals surface area contributed by atoms with Crippen LogP contribution in [0, 0.1) is 5.82 Å². The van der Waals surface area contributed by atoms with E-state index in [1.165, 1.54) is 31.5 Å². The number of hydrogen-bond donors (Lipinski definition) is 2. The van der Waals surface area contributed by atoms with Crippen LogP contribution < -0.4 is 11.1 Å². The SMILES string of the molecule is COC(=O)CNC(=O)c1nccc2c(F)ccc(N)c12. The van der Waals surface area contributed by atoms with Gasteiger partial charge in [0.25, 0.3) is 5.91 Å². The average molecular weight is 277 g/mol. The van der Waals surface area contributed by atoms with E-state index >= 15 is 0 Å². The number of rotatable bonds is 3. The minimum Gasteiger partial charge on any atom is -0.468 e. The van der Waals surface area contributed by atoms with Gasteiger partial charge in [0.05, 0.1) is 7.11 Å². The molecule has 2 rings (SSSR count). The Bertz CT molecular complexity index is 688. The van der Waals surface area contributed by atoms with Gasteiger partial charge in [0.1, 0.15) is 18.1 Å². The lowest BCUT2D eigenvalue weighted by Gasteiger charge is -2.09. The molecule has 0 saturated carbocycles. The molecule has 0 spiro atoms. The highest BCUT2D eigenvalue weighted by atomic mass is 19.1. The summed E-state index contributed by atoms with van der Waals surface area (Å²) in [6, 6.07) is 4.00. The molecule has 0 radical (unpaired) electrons. The summed E-state index contributed by atoms with van der Waals surface area (Å²) in [5, 5.41) is 2.75. The summed E-state index contributed by atoms with van der Waals surface area (Å²) in [7, 11) is 1.21. The molecule has 1 amide bonds. The quantitative estimate of drug-likeness (QED) is 0.641. The van der Waals surface area contributed by atoms with Gasteiger partial charge in [0.2, 0.25) is 0 Å². The zero-order valence-corrected chi connectivity index (χ0v) is 10.6. The van der Waals surface area contributed by atoms with Crippen molar-refractivity contribution in [2.75, 3.05) is 19.4 Å². The number of fused-ring (bicyclic) bond motifs is 1. The standard InChI is InChI=1S/C13H12FN3O3/c1-20-10(18)6-17-13(19)12-11-7(4-5-16-12)8(14)2-3-9(11)15/h2-5H,6,15H2,1H3,(H,17,19). The minimum atomic E-state index is -0.627. The van der Waals surface area contributed by atoms with Crippen LogP contribution in [0.3, 0.4) is 0 Å². The van der Waals surface area contributed by atoms with Crippen LogP contribution in [0.2, 0.25) is 0 Å². The van der Waals surface area contributed by atoms with Crippen molar-refractivity contribution in [3.8, 4) is 0 Å². The molecule has 6 nitrogen and oxygen atoms in total. The number of benzene rings is 1. The Hall–Kier alpha value is -2.70. The van der Waals surface area contributed by atoms with Crippen LogP contribution in [0.4, 0.5) is 10.1 Å². The van der Waals surface area contributed by atoms with E-state index in [9.17, 15) is 14.0 Å². The number of hydrogen-bond acceptors (Lipinski definition) is 5. The summed E-state index contributed by atoms with van der Waals surface area (Å²) in [6.45, 7) is -0.303. The van der Waals surface area contributed by atoms with E-state index in [4.69, 9.17) is 5.73 Å². The first-order valence-corrected chi connectivity index (χ1v) is 5.72. The normalized spacial score (nSPS) is 10.3. The van der Waals surface area contributed by atoms with Crippen LogP contribution in [0.5, 0.6) is 0 Å². The molecule has 1 aromatic heterocycles. The van der Waals surface area contributed by atoms with Crippen LogP contribution in [-0.2, 0) is 9.53 Å². The highest BCUT2D eigenvalue weighted by Gasteiger charge is 2.16. The molecule has 0 atom stereocenters. The molecule has 0 bridgehead atoms. The van der Waals surface area contributed by atoms with Gasteiger partial charge >= 0.3 is 5.97 Å². The van der Waals surface area contributed by atoms with E-state index in [-0.39, 0.29) is 28.7 Å². The van der Waals surface area contributed by atoms with Crippen LogP contribution in [0.15, 0.2) is 24.4 Å². The second-order valence-electron chi connectivity index (χ2n) is 3.98. The lowest BCUT2D eigenvalue weighted by molar-refractivity contribution is -0.139. The Kier molecular flexibility index (Phi) is 3.79. The van der Waals surface area contributed by atoms with E-state index in [0.717, 1.165) is 0 Å². The molecule has 104 valence electrons. The van der Waals surface area contributed by atoms with Gasteiger partial charge in [-0.25, -0.2) is 4.39 Å². The number of methoxy groups -OCH3 is 1. The number of aromatic nitrogens is 1. The topological polar surface area (TPSA) is 94.3 Å². The monoisotopic (exact) mass is 277 g/mol. The number of nitrogen functional groups attached to an aromatic ring is 1. The molecule has 0 aliphatic carbocycles. The largest absolute Gasteiger partial charge is 0.468 e. The van der Waals surface area contributed by atoms with Gasteiger partial charge in [0, 0.05) is 22.7 Å². The first-order valence-electron chi connectivity index (χ1n) is 5.72. The maximum Gasteiger partial charge on any atom is 0.325 e. The molecule has 0 aliphatic rings. The summed E-state index contributed by atoms with van der Waals surface area (Å²) in [5.74, 6) is -1.73. The van der Waals surface area contributed by atoms with Gasteiger partial charge in [-0.15, -0.1) is 0 Å². The van der Waals surface area contributed by atoms with E-state index < -0.39 is 17.7 Å². The molecule has 1 heterocycles. The van der Waals surface area contributed by atoms with Gasteiger partial charge in [-0.2, -0.15) is 0 Å². The van der Waals surface area contributed by atoms with Gasteiger partial charge < -0.3 is 15.8 Å². The third kappa shape index (κ3) is 2.51. The molecule has 0 saturated heterocycles. The van der Waals surface area contributed by atoms with Crippen molar-refractivity contribution in [1.29, 1.82) is 0 Å². The minimum absolute atomic E-state index is 0.0385. The van der Waals surface area contributed by atoms with Crippen molar-refractivity contribution in [3.63, 3.8) is 0 Å². The number of carbonyl (C=O) groups excluding carboxylic acids is 2. The Morgan fingerprint density at radius 2 is 2.15 bits per heavy atom. The number of pyridine rings is 1. The lowest BCUT2D eigenvalue weighted by Crippen LogP contribution is -2.31. The molecule has 1 aromatic carbocycles. The number of nitrogens with zero attached hydrogens (tertiary/aromatic N) is 1. The lowest BCUT2D eigenvalue weighted by atomic mass is 10.1. The highest BCUT2D eigenvalue weighted by Crippen LogP contribution is 2.25. The maximum absolute atomic E-state index is 13.7. The van der Waals surface area contributed by atoms with Crippen LogP contribution in [-0.4, -0.2) is 30.5 Å². The van der Waals surface area contributed by atoms with E-state index in [2.05, 4.69) is 15.0 Å². The van der Waals surface area contributed by atoms with Gasteiger partial charge in [-0.3, -0.25) is 14.6 Å². The first kappa shape index (κ1) is 13.7. The second kappa shape index (κ2) is 5.52. The number of nitrogens with two attached hydrogens (primary N) is 1. The summed E-state index contributed by atoms with van der Waals surface area (Å²) in [5.41, 5.74) is 5.96. The maximum atomic E-state index is 13.7. The Balaban J connectivity index is 2.42. The predicted molar refractivity (Wildman–Crippen MR) is 70.5 cm³/mol. The fourth-order valence-corrected chi connectivity index (χ4v) is 1.77. The van der Waals surface area contributed by atoms with Crippen molar-refractivity contribution in [3.05, 3.63) is 35.9 Å². The van der Waals surface area contributed by atoms with Gasteiger partial charge in [-0.1, -0.05) is 0 Å². The fourth-order valence-electron chi connectivity index (χ4n) is 1.77. The average Bonchev–Trinajstić information content (AvgIpc) is 2.47. The van der Waals surface area contributed by atoms with Crippen LogP contribution in [0.25, 0.3) is 10.8 Å². The second-order valence-corrected chi connectivity index (χ2v) is 3.98. The summed E-state index contributed by atoms with van der Waals surface area (Å²) in [6.07, 6.45) is 1.30. The third-order valence-corrected chi connectivity index (χ3v) is 2.74. The molecule has 0 unspecified atom stereocenters. The van der Waals surface area contributed by atoms with Crippen molar-refractivity contribution in [1.82, 2.24) is 10.3 Å². The van der Waals surface area contributed by atoms with E-state index in [1.807, 2.05) is 0 Å². The number of amides is 1. The molecule has 0 aliphatic heterocycles. The summed E-state index contributed by atoms with van der Waals surface area (Å²) < 4.78 is 18.1. The molecule has 3 N–H and O–H groups in total. The molecule has 2 aromatic rings. The first-order chi connectivity index (χ1) is 9.54. The van der Waals surface area contributed by atoms with Crippen LogP contribution in [0.1, 0.15) is 10.5 Å². The summed E-state index contributed by atoms with van der Waals surface area (Å²) in [4.78, 5) is 26.9. The number of halogens is 1. The molecule has 0 fully saturated rings. The number of ether oxygens (including phenoxy) is 1. The smallest absolute Gasteiger partial charge is 0.325 e. The Morgan fingerprint density at radius 1 is 1.40 bits per heavy atom. The molecular formula is C13H12FN3O3. The zero-order chi connectivity index (χ0) is 14.7. The third-order valence-electron chi connectivity index (χ3n) is 2.74. The molecular weight excluding hydrogens is 265 g/mol. The van der Waals surface area contributed by atoms with Crippen molar-refractivity contribution < 1.29 is 18.7 Å². The molecule has 7 heteroatoms. The van der Waals surface area contributed by atoms with Gasteiger partial charge in [0.15, 0.2) is 0 Å². The van der Waals surface area contributed by atoms with E-state index in [0.29, 0.717) is 0 Å². The van der Waals surface area contributed by atoms with Crippen LogP contribution >= 0.6 is 0 Å². The number of nitrogens with one attached hydrogen (secondary N) is 1. The van der Waals surface area contributed by atoms with Crippen molar-refractivity contribution in [2.45, 2.75) is 0 Å². The van der Waals surface area contributed by atoms with Gasteiger partial charge in [-0.05, 0) is 18.2 Å². The number of esters is 1. The zero-order valence-electron chi connectivity index (χ0n) is 10.6. The van der Waals surface area contributed by atoms with Crippen molar-refractivity contribution >= 4 is 28.3 Å². The Labute approximate surface area is 113 Å². The fraction of sp³-hybridized carbons (Fsp3) is 0.154. The highest BCUT2D eigenvalue weighted by molar-refractivity contribution is 6.10. The summed E-state index contributed by atoms with van der Waals surface area (Å²) >= 11 is 0. The van der Waals surface area contributed by atoms with E-state index in [1.54, 1.807) is 0 Å². The van der Waals surface area contributed by atoms with Crippen molar-refractivity contribution in [2.24, 2.45) is 0 Å². The number of carbonyl (C=O) groups is 2. The Morgan fingerprint density at radius 3 is 2.85 bits per heavy atom. The number of anilines is 1.